The van der Waals surface area contributed by atoms with Crippen LogP contribution in [-0.4, -0.2) is 20.1 Å². The van der Waals surface area contributed by atoms with Crippen molar-refractivity contribution < 1.29 is 14.2 Å². The highest BCUT2D eigenvalue weighted by molar-refractivity contribution is 9.10. The minimum absolute atomic E-state index is 0.00491. The molecular weight excluding hydrogens is 336 g/mol. The summed E-state index contributed by atoms with van der Waals surface area (Å²) in [6.45, 7) is 0. The quantitative estimate of drug-likeness (QED) is 0.638. The van der Waals surface area contributed by atoms with Gasteiger partial charge in [0, 0.05) is 23.8 Å². The Morgan fingerprint density at radius 2 is 1.57 bits per heavy atom. The maximum Gasteiger partial charge on any atom is 0.141 e. The van der Waals surface area contributed by atoms with Gasteiger partial charge >= 0.3 is 0 Å². The molecule has 0 radical (unpaired) electrons. The normalized spacial score (nSPS) is 10.0. The lowest BCUT2D eigenvalue weighted by Crippen LogP contribution is -2.10. The van der Waals surface area contributed by atoms with E-state index in [2.05, 4.69) is 15.9 Å². The van der Waals surface area contributed by atoms with Crippen LogP contribution in [0.4, 0.5) is 0 Å². The Morgan fingerprint density at radius 1 is 1.00 bits per heavy atom. The van der Waals surface area contributed by atoms with Crippen LogP contribution in [0.5, 0.6) is 23.0 Å². The molecule has 2 aromatic rings. The molecule has 0 atom stereocenters. The number of amidine groups is 1. The number of nitrogen functional groups attached to an aromatic ring is 1. The zero-order chi connectivity index (χ0) is 15.4. The van der Waals surface area contributed by atoms with Crippen LogP contribution in [0.15, 0.2) is 40.9 Å². The molecule has 2 rings (SSSR count). The van der Waals surface area contributed by atoms with Crippen LogP contribution in [-0.2, 0) is 0 Å². The second-order valence-corrected chi connectivity index (χ2v) is 5.06. The van der Waals surface area contributed by atoms with E-state index in [1.54, 1.807) is 50.6 Å². The van der Waals surface area contributed by atoms with E-state index in [1.165, 1.54) is 0 Å². The highest BCUT2D eigenvalue weighted by Gasteiger charge is 2.08. The first-order valence-corrected chi connectivity index (χ1v) is 6.87. The van der Waals surface area contributed by atoms with Gasteiger partial charge in [0.2, 0.25) is 0 Å². The van der Waals surface area contributed by atoms with E-state index in [1.807, 2.05) is 0 Å². The van der Waals surface area contributed by atoms with Crippen LogP contribution in [0, 0.1) is 5.41 Å². The number of ether oxygens (including phenoxy) is 3. The molecule has 2 aromatic carbocycles. The molecule has 0 fully saturated rings. The standard InChI is InChI=1S/C15H15BrN2O3/c1-19-10-6-11(20-2)8-12(7-10)21-14-4-3-9(15(17)18)5-13(14)16/h3-8H,1-2H3,(H3,17,18). The average Bonchev–Trinajstić information content (AvgIpc) is 2.48. The van der Waals surface area contributed by atoms with Crippen LogP contribution >= 0.6 is 15.9 Å². The van der Waals surface area contributed by atoms with Gasteiger partial charge in [-0.25, -0.2) is 0 Å². The molecule has 0 spiro atoms. The smallest absolute Gasteiger partial charge is 0.141 e. The second-order valence-electron chi connectivity index (χ2n) is 4.21. The van der Waals surface area contributed by atoms with Crippen molar-refractivity contribution in [2.75, 3.05) is 14.2 Å². The van der Waals surface area contributed by atoms with E-state index < -0.39 is 0 Å². The number of hydrogen-bond donors (Lipinski definition) is 2. The third kappa shape index (κ3) is 3.66. The number of nitrogens with one attached hydrogen (secondary N) is 1. The van der Waals surface area contributed by atoms with Gasteiger partial charge in [0.25, 0.3) is 0 Å². The number of benzene rings is 2. The number of rotatable bonds is 5. The van der Waals surface area contributed by atoms with Crippen LogP contribution in [0.1, 0.15) is 5.56 Å². The molecule has 0 heterocycles. The molecule has 0 unspecified atom stereocenters. The van der Waals surface area contributed by atoms with Gasteiger partial charge in [0.1, 0.15) is 28.8 Å². The Labute approximate surface area is 131 Å². The molecule has 0 aliphatic heterocycles. The van der Waals surface area contributed by atoms with Crippen molar-refractivity contribution in [2.24, 2.45) is 5.73 Å². The van der Waals surface area contributed by atoms with Crippen molar-refractivity contribution in [1.82, 2.24) is 0 Å². The van der Waals surface area contributed by atoms with Crippen molar-refractivity contribution in [3.8, 4) is 23.0 Å². The van der Waals surface area contributed by atoms with Gasteiger partial charge in [-0.15, -0.1) is 0 Å². The highest BCUT2D eigenvalue weighted by Crippen LogP contribution is 2.34. The maximum absolute atomic E-state index is 7.41. The van der Waals surface area contributed by atoms with E-state index in [0.717, 1.165) is 0 Å². The highest BCUT2D eigenvalue weighted by atomic mass is 79.9. The molecule has 0 saturated carbocycles. The number of nitrogens with two attached hydrogens (primary N) is 1. The second kappa shape index (κ2) is 6.49. The van der Waals surface area contributed by atoms with Gasteiger partial charge < -0.3 is 19.9 Å². The van der Waals surface area contributed by atoms with E-state index in [4.69, 9.17) is 25.4 Å². The van der Waals surface area contributed by atoms with Gasteiger partial charge in [0.15, 0.2) is 0 Å². The molecule has 0 saturated heterocycles. The summed E-state index contributed by atoms with van der Waals surface area (Å²) in [5.74, 6) is 2.48. The average molecular weight is 351 g/mol. The van der Waals surface area contributed by atoms with Gasteiger partial charge in [-0.05, 0) is 34.1 Å². The summed E-state index contributed by atoms with van der Waals surface area (Å²) >= 11 is 3.40. The zero-order valence-electron chi connectivity index (χ0n) is 11.6. The molecule has 0 aliphatic carbocycles. The first kappa shape index (κ1) is 15.2. The monoisotopic (exact) mass is 350 g/mol. The lowest BCUT2D eigenvalue weighted by atomic mass is 10.2. The largest absolute Gasteiger partial charge is 0.496 e. The summed E-state index contributed by atoms with van der Waals surface area (Å²) in [7, 11) is 3.16. The van der Waals surface area contributed by atoms with E-state index in [-0.39, 0.29) is 5.84 Å². The summed E-state index contributed by atoms with van der Waals surface area (Å²) < 4.78 is 16.9. The lowest BCUT2D eigenvalue weighted by molar-refractivity contribution is 0.386. The van der Waals surface area contributed by atoms with E-state index in [0.29, 0.717) is 33.0 Å². The van der Waals surface area contributed by atoms with Crippen LogP contribution in [0.2, 0.25) is 0 Å². The number of halogens is 1. The molecule has 0 amide bonds. The topological polar surface area (TPSA) is 77.6 Å². The van der Waals surface area contributed by atoms with Crippen LogP contribution in [0.3, 0.4) is 0 Å². The Morgan fingerprint density at radius 3 is 2.05 bits per heavy atom. The van der Waals surface area contributed by atoms with Crippen LogP contribution < -0.4 is 19.9 Å². The fraction of sp³-hybridized carbons (Fsp3) is 0.133. The maximum atomic E-state index is 7.41. The van der Waals surface area contributed by atoms with Crippen molar-refractivity contribution in [1.29, 1.82) is 5.41 Å². The summed E-state index contributed by atoms with van der Waals surface area (Å²) in [6, 6.07) is 10.5. The first-order valence-electron chi connectivity index (χ1n) is 6.08. The Hall–Kier alpha value is -2.21. The van der Waals surface area contributed by atoms with Crippen LogP contribution in [0.25, 0.3) is 0 Å². The lowest BCUT2D eigenvalue weighted by Gasteiger charge is -2.11. The minimum Gasteiger partial charge on any atom is -0.496 e. The van der Waals surface area contributed by atoms with Gasteiger partial charge in [-0.1, -0.05) is 0 Å². The molecule has 6 heteroatoms. The molecule has 5 nitrogen and oxygen atoms in total. The molecule has 110 valence electrons. The fourth-order valence-corrected chi connectivity index (χ4v) is 2.18. The number of hydrogen-bond acceptors (Lipinski definition) is 4. The van der Waals surface area contributed by atoms with Crippen molar-refractivity contribution in [3.63, 3.8) is 0 Å². The molecule has 3 N–H and O–H groups in total. The third-order valence-electron chi connectivity index (χ3n) is 2.80. The molecular formula is C15H15BrN2O3. The predicted octanol–water partition coefficient (Wildman–Crippen LogP) is 3.54. The van der Waals surface area contributed by atoms with E-state index in [9.17, 15) is 0 Å². The number of methoxy groups -OCH3 is 2. The third-order valence-corrected chi connectivity index (χ3v) is 3.42. The van der Waals surface area contributed by atoms with Crippen molar-refractivity contribution in [2.45, 2.75) is 0 Å². The molecule has 0 bridgehead atoms. The minimum atomic E-state index is 0.00491. The first-order chi connectivity index (χ1) is 10.0. The van der Waals surface area contributed by atoms with Crippen molar-refractivity contribution in [3.05, 3.63) is 46.4 Å². The summed E-state index contributed by atoms with van der Waals surface area (Å²) in [5, 5.41) is 7.41. The summed E-state index contributed by atoms with van der Waals surface area (Å²) in [6.07, 6.45) is 0. The molecule has 21 heavy (non-hydrogen) atoms. The van der Waals surface area contributed by atoms with E-state index >= 15 is 0 Å². The Balaban J connectivity index is 2.31. The Bertz CT molecular complexity index is 652. The Kier molecular flexibility index (Phi) is 4.70. The van der Waals surface area contributed by atoms with Gasteiger partial charge in [-0.2, -0.15) is 0 Å². The van der Waals surface area contributed by atoms with Crippen molar-refractivity contribution >= 4 is 21.8 Å². The van der Waals surface area contributed by atoms with Gasteiger partial charge in [-0.3, -0.25) is 5.41 Å². The summed E-state index contributed by atoms with van der Waals surface area (Å²) in [4.78, 5) is 0. The molecule has 0 aromatic heterocycles. The van der Waals surface area contributed by atoms with Gasteiger partial charge in [0.05, 0.1) is 18.7 Å². The fourth-order valence-electron chi connectivity index (χ4n) is 1.72. The zero-order valence-corrected chi connectivity index (χ0v) is 13.2. The SMILES string of the molecule is COc1cc(OC)cc(Oc2ccc(C(=N)N)cc2Br)c1. The summed E-state index contributed by atoms with van der Waals surface area (Å²) in [5.41, 5.74) is 6.07. The molecule has 0 aliphatic rings. The predicted molar refractivity (Wildman–Crippen MR) is 84.8 cm³/mol.